The minimum atomic E-state index is -3.62. The Hall–Kier alpha value is 0.0300. The second-order valence-electron chi connectivity index (χ2n) is 6.39. The fourth-order valence-electron chi connectivity index (χ4n) is 1.09. The maximum Gasteiger partial charge on any atom is 0.475 e. The van der Waals surface area contributed by atoms with Crippen LogP contribution in [0.3, 0.4) is 0 Å². The summed E-state index contributed by atoms with van der Waals surface area (Å²) < 4.78 is 32.8. The normalized spacial score (nSPS) is 12.5. The smallest absolute Gasteiger partial charge is 0.369 e. The fraction of sp³-hybridized carbons (Fsp3) is 0.929. The third-order valence-corrected chi connectivity index (χ3v) is 3.86. The van der Waals surface area contributed by atoms with E-state index in [0.29, 0.717) is 18.9 Å². The predicted molar refractivity (Wildman–Crippen MR) is 88.3 cm³/mol. The average molecular weight is 361 g/mol. The van der Waals surface area contributed by atoms with Crippen molar-refractivity contribution in [3.05, 3.63) is 0 Å². The van der Waals surface area contributed by atoms with Crippen LogP contribution in [0.15, 0.2) is 0 Å². The molecule has 0 aliphatic heterocycles. The Morgan fingerprint density at radius 2 is 1.45 bits per heavy atom. The number of hydrogen-bond acceptors (Lipinski definition) is 6. The topological polar surface area (TPSA) is 71.1 Å². The molecule has 0 amide bonds. The monoisotopic (exact) mass is 360 g/mol. The summed E-state index contributed by atoms with van der Waals surface area (Å²) in [4.78, 5) is 10.2. The third-order valence-electron chi connectivity index (χ3n) is 1.60. The summed E-state index contributed by atoms with van der Waals surface area (Å²) in [5, 5.41) is 0. The van der Waals surface area contributed by atoms with Crippen LogP contribution in [-0.2, 0) is 27.7 Å². The van der Waals surface area contributed by atoms with Crippen LogP contribution in [0.1, 0.15) is 54.4 Å². The molecule has 134 valence electrons. The van der Waals surface area contributed by atoms with Crippen LogP contribution in [0.4, 0.5) is 0 Å². The van der Waals surface area contributed by atoms with Crippen molar-refractivity contribution in [3.63, 3.8) is 0 Å². The van der Waals surface area contributed by atoms with Crippen molar-refractivity contribution in [2.45, 2.75) is 65.6 Å². The Morgan fingerprint density at radius 1 is 1.05 bits per heavy atom. The van der Waals surface area contributed by atoms with Crippen LogP contribution in [-0.4, -0.2) is 37.3 Å². The lowest BCUT2D eigenvalue weighted by molar-refractivity contribution is -0.108. The second kappa shape index (κ2) is 11.5. The van der Waals surface area contributed by atoms with Gasteiger partial charge < -0.3 is 9.53 Å². The molecule has 0 aliphatic carbocycles. The van der Waals surface area contributed by atoms with Gasteiger partial charge in [0.15, 0.2) is 0 Å². The maximum absolute atomic E-state index is 12.5. The molecule has 0 radical (unpaired) electrons. The molecule has 0 N–H and O–H groups in total. The Balaban J connectivity index is 0. The standard InChI is InChI=1S/C12H25O5P.C2H5ClO/c1-11(2,3)16-18(14,17-12(4,5)6)15-10-8-7-9-13;1-4-2-3/h9H,7-8,10H2,1-6H3;2H2,1H3. The van der Waals surface area contributed by atoms with E-state index in [-0.39, 0.29) is 6.61 Å². The van der Waals surface area contributed by atoms with Gasteiger partial charge in [-0.25, -0.2) is 4.57 Å². The zero-order valence-electron chi connectivity index (χ0n) is 14.7. The van der Waals surface area contributed by atoms with Gasteiger partial charge in [0.25, 0.3) is 0 Å². The van der Waals surface area contributed by atoms with Crippen molar-refractivity contribution in [3.8, 4) is 0 Å². The van der Waals surface area contributed by atoms with Gasteiger partial charge in [-0.2, -0.15) is 0 Å². The van der Waals surface area contributed by atoms with E-state index >= 15 is 0 Å². The zero-order chi connectivity index (χ0) is 17.9. The second-order valence-corrected chi connectivity index (χ2v) is 8.13. The molecule has 0 aromatic heterocycles. The highest BCUT2D eigenvalue weighted by Gasteiger charge is 2.36. The minimum absolute atomic E-state index is 0.169. The number of phosphoric ester groups is 1. The zero-order valence-corrected chi connectivity index (χ0v) is 16.3. The first-order chi connectivity index (χ1) is 9.89. The van der Waals surface area contributed by atoms with Gasteiger partial charge in [-0.3, -0.25) is 13.6 Å². The van der Waals surface area contributed by atoms with Gasteiger partial charge in [-0.05, 0) is 48.0 Å². The van der Waals surface area contributed by atoms with Gasteiger partial charge in [-0.1, -0.05) is 11.6 Å². The molecular formula is C14H30ClO6P. The first-order valence-corrected chi connectivity index (χ1v) is 9.03. The van der Waals surface area contributed by atoms with E-state index in [1.165, 1.54) is 0 Å². The lowest BCUT2D eigenvalue weighted by atomic mass is 10.2. The Kier molecular flexibility index (Phi) is 12.7. The predicted octanol–water partition coefficient (Wildman–Crippen LogP) is 4.55. The first kappa shape index (κ1) is 24.3. The molecule has 22 heavy (non-hydrogen) atoms. The van der Waals surface area contributed by atoms with Crippen LogP contribution in [0.25, 0.3) is 0 Å². The molecule has 0 fully saturated rings. The summed E-state index contributed by atoms with van der Waals surface area (Å²) in [7, 11) is -2.07. The van der Waals surface area contributed by atoms with Crippen LogP contribution in [0.5, 0.6) is 0 Å². The van der Waals surface area contributed by atoms with Crippen molar-refractivity contribution in [2.24, 2.45) is 0 Å². The number of phosphoric acid groups is 1. The van der Waals surface area contributed by atoms with Crippen LogP contribution < -0.4 is 0 Å². The highest BCUT2D eigenvalue weighted by molar-refractivity contribution is 7.48. The molecule has 0 saturated heterocycles. The SMILES string of the molecule is CC(C)(C)OP(=O)(OCCCC=O)OC(C)(C)C.COCCl. The lowest BCUT2D eigenvalue weighted by Gasteiger charge is -2.30. The van der Waals surface area contributed by atoms with Crippen molar-refractivity contribution in [1.82, 2.24) is 0 Å². The number of carbonyl (C=O) groups is 1. The Morgan fingerprint density at radius 3 is 1.73 bits per heavy atom. The number of hydrogen-bond donors (Lipinski definition) is 0. The summed E-state index contributed by atoms with van der Waals surface area (Å²) in [6, 6.07) is 0.292. The summed E-state index contributed by atoms with van der Waals surface area (Å²) >= 11 is 4.96. The van der Waals surface area contributed by atoms with E-state index in [4.69, 9.17) is 25.2 Å². The quantitative estimate of drug-likeness (QED) is 0.274. The van der Waals surface area contributed by atoms with Crippen molar-refractivity contribution < 1.29 is 27.7 Å². The number of ether oxygens (including phenoxy) is 1. The summed E-state index contributed by atoms with van der Waals surface area (Å²) in [5.41, 5.74) is -1.27. The van der Waals surface area contributed by atoms with Gasteiger partial charge in [0.05, 0.1) is 17.8 Å². The molecule has 0 bridgehead atoms. The fourth-order valence-corrected chi connectivity index (χ4v) is 2.92. The molecule has 0 aromatic rings. The number of unbranched alkanes of at least 4 members (excludes halogenated alkanes) is 1. The van der Waals surface area contributed by atoms with E-state index in [0.717, 1.165) is 6.29 Å². The maximum atomic E-state index is 12.5. The molecule has 0 aliphatic rings. The van der Waals surface area contributed by atoms with E-state index in [1.807, 2.05) is 0 Å². The van der Waals surface area contributed by atoms with Gasteiger partial charge in [0.2, 0.25) is 0 Å². The summed E-state index contributed by atoms with van der Waals surface area (Å²) in [6.45, 7) is 10.8. The van der Waals surface area contributed by atoms with Gasteiger partial charge in [0, 0.05) is 13.5 Å². The molecule has 0 aromatic carbocycles. The summed E-state index contributed by atoms with van der Waals surface area (Å²) in [6.07, 6.45) is 1.66. The molecule has 0 rings (SSSR count). The van der Waals surface area contributed by atoms with Crippen LogP contribution >= 0.6 is 19.4 Å². The molecule has 0 atom stereocenters. The van der Waals surface area contributed by atoms with Crippen LogP contribution in [0, 0.1) is 0 Å². The number of halogens is 1. The van der Waals surface area contributed by atoms with Crippen molar-refractivity contribution >= 4 is 25.7 Å². The van der Waals surface area contributed by atoms with Gasteiger partial charge in [0.1, 0.15) is 12.4 Å². The van der Waals surface area contributed by atoms with Gasteiger partial charge in [-0.15, -0.1) is 0 Å². The van der Waals surface area contributed by atoms with E-state index < -0.39 is 19.0 Å². The number of methoxy groups -OCH3 is 1. The largest absolute Gasteiger partial charge is 0.475 e. The molecular weight excluding hydrogens is 331 g/mol. The van der Waals surface area contributed by atoms with Crippen molar-refractivity contribution in [2.75, 3.05) is 19.8 Å². The first-order valence-electron chi connectivity index (χ1n) is 7.04. The highest BCUT2D eigenvalue weighted by atomic mass is 35.5. The number of aldehydes is 1. The molecule has 0 heterocycles. The number of carbonyl (C=O) groups excluding carboxylic acids is 1. The van der Waals surface area contributed by atoms with Gasteiger partial charge >= 0.3 is 7.82 Å². The van der Waals surface area contributed by atoms with Crippen molar-refractivity contribution in [1.29, 1.82) is 0 Å². The molecule has 6 nitrogen and oxygen atoms in total. The van der Waals surface area contributed by atoms with E-state index in [9.17, 15) is 9.36 Å². The third kappa shape index (κ3) is 18.1. The Labute approximate surface area is 139 Å². The van der Waals surface area contributed by atoms with Crippen LogP contribution in [0.2, 0.25) is 0 Å². The molecule has 0 unspecified atom stereocenters. The van der Waals surface area contributed by atoms with E-state index in [2.05, 4.69) is 4.74 Å². The Bertz CT molecular complexity index is 313. The lowest BCUT2D eigenvalue weighted by Crippen LogP contribution is -2.24. The minimum Gasteiger partial charge on any atom is -0.369 e. The average Bonchev–Trinajstić information content (AvgIpc) is 2.30. The van der Waals surface area contributed by atoms with E-state index in [1.54, 1.807) is 48.7 Å². The number of rotatable bonds is 8. The molecule has 0 saturated carbocycles. The molecule has 0 spiro atoms. The molecule has 8 heteroatoms. The number of alkyl halides is 1. The summed E-state index contributed by atoms with van der Waals surface area (Å²) in [5.74, 6) is 0. The highest BCUT2D eigenvalue weighted by Crippen LogP contribution is 2.55.